The van der Waals surface area contributed by atoms with Gasteiger partial charge in [0.1, 0.15) is 5.41 Å². The van der Waals surface area contributed by atoms with Gasteiger partial charge in [0, 0.05) is 19.7 Å². The molecule has 2 fully saturated rings. The minimum absolute atomic E-state index is 0. The van der Waals surface area contributed by atoms with E-state index in [1.54, 1.807) is 0 Å². The van der Waals surface area contributed by atoms with E-state index in [4.69, 9.17) is 9.84 Å². The van der Waals surface area contributed by atoms with Gasteiger partial charge in [-0.2, -0.15) is 0 Å². The molecule has 4 nitrogen and oxygen atoms in total. The lowest BCUT2D eigenvalue weighted by Crippen LogP contribution is -2.38. The molecule has 5 heteroatoms. The van der Waals surface area contributed by atoms with Crippen LogP contribution in [0.3, 0.4) is 0 Å². The second kappa shape index (κ2) is 3.20. The van der Waals surface area contributed by atoms with Crippen LogP contribution in [0.4, 0.5) is 0 Å². The van der Waals surface area contributed by atoms with Crippen LogP contribution in [0.25, 0.3) is 0 Å². The van der Waals surface area contributed by atoms with Crippen molar-refractivity contribution in [3.05, 3.63) is 0 Å². The normalized spacial score (nSPS) is 38.8. The molecule has 0 spiro atoms. The lowest BCUT2D eigenvalue weighted by atomic mass is 9.84. The molecule has 2 heterocycles. The van der Waals surface area contributed by atoms with E-state index in [-0.39, 0.29) is 18.5 Å². The molecular formula is C7H12ClNO3. The van der Waals surface area contributed by atoms with E-state index in [0.717, 1.165) is 0 Å². The molecule has 0 aliphatic carbocycles. The van der Waals surface area contributed by atoms with Gasteiger partial charge in [-0.05, 0) is 6.42 Å². The summed E-state index contributed by atoms with van der Waals surface area (Å²) in [5.41, 5.74) is -0.611. The maximum Gasteiger partial charge on any atom is 0.313 e. The fraction of sp³-hybridized carbons (Fsp3) is 0.857. The summed E-state index contributed by atoms with van der Waals surface area (Å²) in [6.45, 7) is 1.85. The third-order valence-corrected chi connectivity index (χ3v) is 2.68. The van der Waals surface area contributed by atoms with Gasteiger partial charge >= 0.3 is 5.97 Å². The molecule has 0 unspecified atom stereocenters. The number of halogens is 1. The van der Waals surface area contributed by atoms with Crippen LogP contribution in [-0.2, 0) is 9.53 Å². The molecule has 12 heavy (non-hydrogen) atoms. The zero-order valence-corrected chi connectivity index (χ0v) is 7.39. The van der Waals surface area contributed by atoms with Crippen LogP contribution in [0.2, 0.25) is 0 Å². The number of rotatable bonds is 1. The van der Waals surface area contributed by atoms with Crippen LogP contribution in [-0.4, -0.2) is 36.9 Å². The van der Waals surface area contributed by atoms with Crippen molar-refractivity contribution in [2.24, 2.45) is 5.41 Å². The lowest BCUT2D eigenvalue weighted by molar-refractivity contribution is -0.149. The third-order valence-electron chi connectivity index (χ3n) is 2.68. The largest absolute Gasteiger partial charge is 0.481 e. The van der Waals surface area contributed by atoms with Gasteiger partial charge in [-0.25, -0.2) is 0 Å². The van der Waals surface area contributed by atoms with E-state index in [1.165, 1.54) is 0 Å². The van der Waals surface area contributed by atoms with Gasteiger partial charge in [-0.1, -0.05) is 0 Å². The Balaban J connectivity index is 0.000000720. The highest BCUT2D eigenvalue weighted by Gasteiger charge is 2.53. The Hall–Kier alpha value is -0.320. The number of aliphatic carboxylic acids is 1. The molecule has 2 rings (SSSR count). The summed E-state index contributed by atoms with van der Waals surface area (Å²) < 4.78 is 5.30. The maximum atomic E-state index is 10.9. The molecule has 0 radical (unpaired) electrons. The van der Waals surface area contributed by atoms with E-state index in [2.05, 4.69) is 5.32 Å². The van der Waals surface area contributed by atoms with E-state index in [1.807, 2.05) is 0 Å². The van der Waals surface area contributed by atoms with Crippen LogP contribution in [0, 0.1) is 5.41 Å². The van der Waals surface area contributed by atoms with Crippen LogP contribution in [0.1, 0.15) is 6.42 Å². The first-order chi connectivity index (χ1) is 5.26. The van der Waals surface area contributed by atoms with Crippen molar-refractivity contribution in [2.45, 2.75) is 12.5 Å². The van der Waals surface area contributed by atoms with Crippen molar-refractivity contribution < 1.29 is 14.6 Å². The van der Waals surface area contributed by atoms with Crippen molar-refractivity contribution in [1.82, 2.24) is 5.32 Å². The van der Waals surface area contributed by atoms with Crippen LogP contribution in [0.15, 0.2) is 0 Å². The number of carbonyl (C=O) groups is 1. The van der Waals surface area contributed by atoms with Gasteiger partial charge in [-0.15, -0.1) is 12.4 Å². The first-order valence-corrected chi connectivity index (χ1v) is 3.81. The molecule has 0 bridgehead atoms. The summed E-state index contributed by atoms with van der Waals surface area (Å²) in [5, 5.41) is 12.0. The summed E-state index contributed by atoms with van der Waals surface area (Å²) in [4.78, 5) is 10.9. The maximum absolute atomic E-state index is 10.9. The highest BCUT2D eigenvalue weighted by atomic mass is 35.5. The van der Waals surface area contributed by atoms with Crippen molar-refractivity contribution in [2.75, 3.05) is 19.7 Å². The summed E-state index contributed by atoms with van der Waals surface area (Å²) in [5.74, 6) is -0.718. The standard InChI is InChI=1S/C7H11NO3.ClH/c9-6(10)7-1-2-11-5(7)3-8-4-7;/h5,8H,1-4H2,(H,9,10);1H/t5-,7-;/m1./s1. The molecule has 0 aromatic rings. The smallest absolute Gasteiger partial charge is 0.313 e. The Morgan fingerprint density at radius 3 is 3.00 bits per heavy atom. The number of carboxylic acids is 1. The summed E-state index contributed by atoms with van der Waals surface area (Å²) in [6, 6.07) is 0. The molecule has 2 N–H and O–H groups in total. The average Bonchev–Trinajstić information content (AvgIpc) is 2.40. The number of carboxylic acid groups (broad SMARTS) is 1. The number of fused-ring (bicyclic) bond motifs is 1. The van der Waals surface area contributed by atoms with Crippen LogP contribution < -0.4 is 5.32 Å². The van der Waals surface area contributed by atoms with Gasteiger partial charge in [0.2, 0.25) is 0 Å². The zero-order valence-electron chi connectivity index (χ0n) is 6.58. The number of ether oxygens (including phenoxy) is 1. The SMILES string of the molecule is Cl.O=C(O)[C@@]12CCO[C@@H]1CNC2. The minimum atomic E-state index is -0.718. The average molecular weight is 194 g/mol. The fourth-order valence-electron chi connectivity index (χ4n) is 1.91. The highest BCUT2D eigenvalue weighted by Crippen LogP contribution is 2.37. The Morgan fingerprint density at radius 1 is 1.67 bits per heavy atom. The highest BCUT2D eigenvalue weighted by molar-refractivity contribution is 5.85. The first kappa shape index (κ1) is 9.77. The van der Waals surface area contributed by atoms with Crippen molar-refractivity contribution in [1.29, 1.82) is 0 Å². The predicted molar refractivity (Wildman–Crippen MR) is 44.5 cm³/mol. The van der Waals surface area contributed by atoms with Crippen molar-refractivity contribution >= 4 is 18.4 Å². The minimum Gasteiger partial charge on any atom is -0.481 e. The van der Waals surface area contributed by atoms with E-state index < -0.39 is 11.4 Å². The molecule has 0 aromatic carbocycles. The monoisotopic (exact) mass is 193 g/mol. The lowest BCUT2D eigenvalue weighted by Gasteiger charge is -2.19. The predicted octanol–water partition coefficient (Wildman–Crippen LogP) is -0.129. The van der Waals surface area contributed by atoms with Gasteiger partial charge in [0.05, 0.1) is 6.10 Å². The van der Waals surface area contributed by atoms with Gasteiger partial charge in [-0.3, -0.25) is 4.79 Å². The quantitative estimate of drug-likeness (QED) is 0.609. The summed E-state index contributed by atoms with van der Waals surface area (Å²) in [6.07, 6.45) is 0.556. The number of hydrogen-bond donors (Lipinski definition) is 2. The first-order valence-electron chi connectivity index (χ1n) is 3.81. The molecule has 2 aliphatic rings. The Labute approximate surface area is 76.7 Å². The molecule has 2 atom stereocenters. The molecule has 70 valence electrons. The van der Waals surface area contributed by atoms with Gasteiger partial charge < -0.3 is 15.2 Å². The van der Waals surface area contributed by atoms with Crippen molar-refractivity contribution in [3.8, 4) is 0 Å². The number of nitrogens with one attached hydrogen (secondary N) is 1. The molecule has 0 aromatic heterocycles. The number of hydrogen-bond acceptors (Lipinski definition) is 3. The summed E-state index contributed by atoms with van der Waals surface area (Å²) in [7, 11) is 0. The third kappa shape index (κ3) is 1.11. The Kier molecular flexibility index (Phi) is 2.61. The topological polar surface area (TPSA) is 58.6 Å². The molecular weight excluding hydrogens is 182 g/mol. The van der Waals surface area contributed by atoms with Crippen LogP contribution in [0.5, 0.6) is 0 Å². The van der Waals surface area contributed by atoms with E-state index >= 15 is 0 Å². The second-order valence-electron chi connectivity index (χ2n) is 3.20. The van der Waals surface area contributed by atoms with E-state index in [0.29, 0.717) is 26.1 Å². The molecule has 0 amide bonds. The van der Waals surface area contributed by atoms with E-state index in [9.17, 15) is 4.79 Å². The molecule has 2 saturated heterocycles. The Bertz CT molecular complexity index is 187. The zero-order chi connectivity index (χ0) is 7.90. The molecule has 0 saturated carbocycles. The van der Waals surface area contributed by atoms with Crippen LogP contribution >= 0.6 is 12.4 Å². The molecule has 2 aliphatic heterocycles. The second-order valence-corrected chi connectivity index (χ2v) is 3.20. The fourth-order valence-corrected chi connectivity index (χ4v) is 1.91. The van der Waals surface area contributed by atoms with Crippen molar-refractivity contribution in [3.63, 3.8) is 0 Å². The van der Waals surface area contributed by atoms with Gasteiger partial charge in [0.15, 0.2) is 0 Å². The Morgan fingerprint density at radius 2 is 2.42 bits per heavy atom. The summed E-state index contributed by atoms with van der Waals surface area (Å²) >= 11 is 0. The van der Waals surface area contributed by atoms with Gasteiger partial charge in [0.25, 0.3) is 0 Å².